The maximum absolute atomic E-state index is 12.8. The zero-order valence-electron chi connectivity index (χ0n) is 16.8. The topological polar surface area (TPSA) is 73.3 Å². The van der Waals surface area contributed by atoms with Crippen molar-refractivity contribution < 1.29 is 14.3 Å². The van der Waals surface area contributed by atoms with Gasteiger partial charge in [0.15, 0.2) is 11.5 Å². The third-order valence-electron chi connectivity index (χ3n) is 5.52. The van der Waals surface area contributed by atoms with E-state index in [0.717, 1.165) is 29.4 Å². The van der Waals surface area contributed by atoms with Gasteiger partial charge < -0.3 is 14.8 Å². The fourth-order valence-electron chi connectivity index (χ4n) is 3.96. The number of nitrogens with zero attached hydrogens (tertiary/aromatic N) is 2. The van der Waals surface area contributed by atoms with Gasteiger partial charge in [-0.25, -0.2) is 0 Å². The van der Waals surface area contributed by atoms with Crippen molar-refractivity contribution in [2.24, 2.45) is 0 Å². The fraction of sp³-hybridized carbons (Fsp3) is 0.348. The molecule has 0 saturated heterocycles. The molecule has 0 radical (unpaired) electrons. The van der Waals surface area contributed by atoms with Crippen LogP contribution in [-0.2, 0) is 0 Å². The smallest absolute Gasteiger partial charge is 0.251 e. The molecule has 0 aliphatic heterocycles. The second-order valence-corrected chi connectivity index (χ2v) is 7.37. The Hall–Kier alpha value is -3.15. The highest BCUT2D eigenvalue weighted by Gasteiger charge is 2.18. The number of hydrogen-bond acceptors (Lipinski definition) is 5. The van der Waals surface area contributed by atoms with Crippen LogP contribution < -0.4 is 14.8 Å². The predicted molar refractivity (Wildman–Crippen MR) is 112 cm³/mol. The molecule has 6 nitrogen and oxygen atoms in total. The molecule has 1 aliphatic carbocycles. The van der Waals surface area contributed by atoms with E-state index in [4.69, 9.17) is 9.47 Å². The van der Waals surface area contributed by atoms with E-state index in [1.807, 2.05) is 36.4 Å². The van der Waals surface area contributed by atoms with E-state index in [1.54, 1.807) is 20.4 Å². The Morgan fingerprint density at radius 1 is 1.03 bits per heavy atom. The minimum absolute atomic E-state index is 0.0238. The molecule has 1 aromatic heterocycles. The first-order valence-electron chi connectivity index (χ1n) is 9.98. The molecule has 3 aromatic rings. The summed E-state index contributed by atoms with van der Waals surface area (Å²) in [5, 5.41) is 12.4. The van der Waals surface area contributed by atoms with E-state index in [9.17, 15) is 4.79 Å². The van der Waals surface area contributed by atoms with Gasteiger partial charge in [-0.1, -0.05) is 31.4 Å². The van der Waals surface area contributed by atoms with Gasteiger partial charge in [0.2, 0.25) is 0 Å². The molecular formula is C23H25N3O3. The van der Waals surface area contributed by atoms with Crippen molar-refractivity contribution in [1.29, 1.82) is 0 Å². The largest absolute Gasteiger partial charge is 0.493 e. The van der Waals surface area contributed by atoms with E-state index in [1.165, 1.54) is 19.3 Å². The number of amides is 1. The average Bonchev–Trinajstić information content (AvgIpc) is 2.78. The van der Waals surface area contributed by atoms with Crippen LogP contribution in [0.3, 0.4) is 0 Å². The van der Waals surface area contributed by atoms with Crippen LogP contribution in [0.2, 0.25) is 0 Å². The van der Waals surface area contributed by atoms with Crippen molar-refractivity contribution in [2.45, 2.75) is 38.1 Å². The monoisotopic (exact) mass is 391 g/mol. The lowest BCUT2D eigenvalue weighted by Gasteiger charge is -2.22. The van der Waals surface area contributed by atoms with Gasteiger partial charge in [-0.2, -0.15) is 10.2 Å². The van der Waals surface area contributed by atoms with E-state index in [0.29, 0.717) is 22.6 Å². The molecule has 1 amide bonds. The molecule has 2 aromatic carbocycles. The lowest BCUT2D eigenvalue weighted by atomic mass is 9.95. The number of ether oxygens (including phenoxy) is 2. The summed E-state index contributed by atoms with van der Waals surface area (Å²) >= 11 is 0. The highest BCUT2D eigenvalue weighted by molar-refractivity contribution is 5.99. The summed E-state index contributed by atoms with van der Waals surface area (Å²) in [4.78, 5) is 12.8. The van der Waals surface area contributed by atoms with Crippen LogP contribution in [0.1, 0.15) is 42.5 Å². The third kappa shape index (κ3) is 4.01. The SMILES string of the molecule is COc1cc2nncc(-c3cccc(C(=O)NC4CCCCC4)c3)c2cc1OC. The van der Waals surface area contributed by atoms with Gasteiger partial charge in [0.1, 0.15) is 0 Å². The number of rotatable bonds is 5. The number of methoxy groups -OCH3 is 2. The Morgan fingerprint density at radius 2 is 1.79 bits per heavy atom. The maximum Gasteiger partial charge on any atom is 0.251 e. The first-order valence-corrected chi connectivity index (χ1v) is 9.98. The highest BCUT2D eigenvalue weighted by atomic mass is 16.5. The van der Waals surface area contributed by atoms with E-state index < -0.39 is 0 Å². The molecule has 0 bridgehead atoms. The van der Waals surface area contributed by atoms with Gasteiger partial charge >= 0.3 is 0 Å². The number of aromatic nitrogens is 2. The molecule has 0 atom stereocenters. The Labute approximate surface area is 170 Å². The first kappa shape index (κ1) is 19.2. The normalized spacial score (nSPS) is 14.6. The number of hydrogen-bond donors (Lipinski definition) is 1. The molecule has 0 unspecified atom stereocenters. The van der Waals surface area contributed by atoms with Crippen LogP contribution in [-0.4, -0.2) is 36.4 Å². The standard InChI is InChI=1S/C23H25N3O3/c1-28-21-12-18-19(14-24-26-20(18)13-22(21)29-2)15-7-6-8-16(11-15)23(27)25-17-9-4-3-5-10-17/h6-8,11-14,17H,3-5,9-10H2,1-2H3,(H,25,27). The first-order chi connectivity index (χ1) is 14.2. The molecule has 1 saturated carbocycles. The summed E-state index contributed by atoms with van der Waals surface area (Å²) in [5.41, 5.74) is 3.16. The number of nitrogens with one attached hydrogen (secondary N) is 1. The molecule has 1 aliphatic rings. The number of carbonyl (C=O) groups is 1. The summed E-state index contributed by atoms with van der Waals surface area (Å²) in [6.07, 6.45) is 7.47. The minimum atomic E-state index is -0.0238. The van der Waals surface area contributed by atoms with E-state index >= 15 is 0 Å². The Kier molecular flexibility index (Phi) is 5.60. The van der Waals surface area contributed by atoms with Crippen LogP contribution in [0.15, 0.2) is 42.6 Å². The molecule has 150 valence electrons. The minimum Gasteiger partial charge on any atom is -0.493 e. The number of fused-ring (bicyclic) bond motifs is 1. The molecule has 1 heterocycles. The zero-order valence-corrected chi connectivity index (χ0v) is 16.8. The van der Waals surface area contributed by atoms with Crippen molar-refractivity contribution in [3.63, 3.8) is 0 Å². The summed E-state index contributed by atoms with van der Waals surface area (Å²) in [6.45, 7) is 0. The van der Waals surface area contributed by atoms with Crippen molar-refractivity contribution >= 4 is 16.8 Å². The van der Waals surface area contributed by atoms with Gasteiger partial charge in [0.25, 0.3) is 5.91 Å². The van der Waals surface area contributed by atoms with E-state index in [-0.39, 0.29) is 11.9 Å². The van der Waals surface area contributed by atoms with Gasteiger partial charge in [0, 0.05) is 28.6 Å². The van der Waals surface area contributed by atoms with Crippen molar-refractivity contribution in [3.8, 4) is 22.6 Å². The molecule has 1 fully saturated rings. The Morgan fingerprint density at radius 3 is 2.55 bits per heavy atom. The Bertz CT molecular complexity index is 1030. The fourth-order valence-corrected chi connectivity index (χ4v) is 3.96. The van der Waals surface area contributed by atoms with Crippen LogP contribution >= 0.6 is 0 Å². The van der Waals surface area contributed by atoms with Crippen LogP contribution in [0.5, 0.6) is 11.5 Å². The molecule has 29 heavy (non-hydrogen) atoms. The van der Waals surface area contributed by atoms with Crippen LogP contribution in [0.25, 0.3) is 22.0 Å². The quantitative estimate of drug-likeness (QED) is 0.699. The summed E-state index contributed by atoms with van der Waals surface area (Å²) < 4.78 is 10.8. The lowest BCUT2D eigenvalue weighted by Crippen LogP contribution is -2.36. The Balaban J connectivity index is 1.69. The molecule has 0 spiro atoms. The van der Waals surface area contributed by atoms with Crippen molar-refractivity contribution in [1.82, 2.24) is 15.5 Å². The predicted octanol–water partition coefficient (Wildman–Crippen LogP) is 4.38. The molecule has 1 N–H and O–H groups in total. The van der Waals surface area contributed by atoms with Crippen LogP contribution in [0, 0.1) is 0 Å². The summed E-state index contributed by atoms with van der Waals surface area (Å²) in [7, 11) is 3.20. The molecule has 6 heteroatoms. The lowest BCUT2D eigenvalue weighted by molar-refractivity contribution is 0.0927. The van der Waals surface area contributed by atoms with Gasteiger partial charge in [-0.15, -0.1) is 0 Å². The van der Waals surface area contributed by atoms with Crippen molar-refractivity contribution in [3.05, 3.63) is 48.2 Å². The summed E-state index contributed by atoms with van der Waals surface area (Å²) in [6, 6.07) is 11.6. The third-order valence-corrected chi connectivity index (χ3v) is 5.52. The molecule has 4 rings (SSSR count). The highest BCUT2D eigenvalue weighted by Crippen LogP contribution is 2.35. The number of carbonyl (C=O) groups excluding carboxylic acids is 1. The average molecular weight is 391 g/mol. The van der Waals surface area contributed by atoms with Gasteiger partial charge in [-0.05, 0) is 36.6 Å². The second kappa shape index (κ2) is 8.47. The van der Waals surface area contributed by atoms with Gasteiger partial charge in [0.05, 0.1) is 25.9 Å². The van der Waals surface area contributed by atoms with Crippen molar-refractivity contribution in [2.75, 3.05) is 14.2 Å². The maximum atomic E-state index is 12.8. The van der Waals surface area contributed by atoms with E-state index in [2.05, 4.69) is 15.5 Å². The van der Waals surface area contributed by atoms with Gasteiger partial charge in [-0.3, -0.25) is 4.79 Å². The molecular weight excluding hydrogens is 366 g/mol. The van der Waals surface area contributed by atoms with Crippen LogP contribution in [0.4, 0.5) is 0 Å². The number of benzene rings is 2. The zero-order chi connectivity index (χ0) is 20.2. The summed E-state index contributed by atoms with van der Waals surface area (Å²) in [5.74, 6) is 1.21. The second-order valence-electron chi connectivity index (χ2n) is 7.37.